The first kappa shape index (κ1) is 11.4. The molecular weight excluding hydrogens is 228 g/mol. The maximum Gasteiger partial charge on any atom is 0.153 e. The highest BCUT2D eigenvalue weighted by Crippen LogP contribution is 2.33. The molecule has 0 radical (unpaired) electrons. The van der Waals surface area contributed by atoms with Crippen LogP contribution in [0.2, 0.25) is 0 Å². The molecule has 0 aliphatic carbocycles. The molecule has 0 spiro atoms. The first-order valence-corrected chi connectivity index (χ1v) is 6.96. The Hall–Kier alpha value is -1.07. The van der Waals surface area contributed by atoms with Gasteiger partial charge in [-0.15, -0.1) is 0 Å². The predicted molar refractivity (Wildman–Crippen MR) is 59.9 cm³/mol. The summed E-state index contributed by atoms with van der Waals surface area (Å²) in [6.07, 6.45) is 0.865. The zero-order valence-corrected chi connectivity index (χ0v) is 9.57. The molecule has 5 heteroatoms. The Kier molecular flexibility index (Phi) is 2.67. The zero-order chi connectivity index (χ0) is 11.8. The summed E-state index contributed by atoms with van der Waals surface area (Å²) in [5.74, 6) is -0.0914. The largest absolute Gasteiger partial charge is 0.508 e. The average molecular weight is 242 g/mol. The number of phenolic OH excluding ortho intramolecular Hbond substituents is 1. The van der Waals surface area contributed by atoms with Crippen LogP contribution in [0.1, 0.15) is 18.4 Å². The van der Waals surface area contributed by atoms with E-state index < -0.39 is 15.4 Å². The van der Waals surface area contributed by atoms with Crippen LogP contribution in [0.25, 0.3) is 0 Å². The minimum Gasteiger partial charge on any atom is -0.508 e. The van der Waals surface area contributed by atoms with Gasteiger partial charge in [-0.25, -0.2) is 8.42 Å². The maximum absolute atomic E-state index is 11.5. The Morgan fingerprint density at radius 3 is 2.69 bits per heavy atom. The molecule has 0 saturated carbocycles. The Morgan fingerprint density at radius 2 is 2.06 bits per heavy atom. The third kappa shape index (κ3) is 2.20. The molecule has 2 rings (SSSR count). The van der Waals surface area contributed by atoms with E-state index in [9.17, 15) is 18.6 Å². The minimum absolute atomic E-state index is 0.0360. The summed E-state index contributed by atoms with van der Waals surface area (Å²) in [5, 5.41) is 19.6. The average Bonchev–Trinajstić information content (AvgIpc) is 2.15. The number of aromatic hydroxyl groups is 1. The number of aliphatic hydroxyl groups is 1. The molecule has 16 heavy (non-hydrogen) atoms. The zero-order valence-electron chi connectivity index (χ0n) is 8.76. The first-order valence-electron chi connectivity index (χ1n) is 5.14. The monoisotopic (exact) mass is 242 g/mol. The van der Waals surface area contributed by atoms with Crippen molar-refractivity contribution in [3.05, 3.63) is 29.8 Å². The molecule has 2 N–H and O–H groups in total. The van der Waals surface area contributed by atoms with Crippen molar-refractivity contribution in [3.8, 4) is 5.75 Å². The van der Waals surface area contributed by atoms with Crippen LogP contribution in [0.3, 0.4) is 0 Å². The lowest BCUT2D eigenvalue weighted by Gasteiger charge is -2.32. The Bertz CT molecular complexity index is 494. The van der Waals surface area contributed by atoms with E-state index in [2.05, 4.69) is 0 Å². The third-order valence-corrected chi connectivity index (χ3v) is 4.72. The van der Waals surface area contributed by atoms with Gasteiger partial charge in [0.2, 0.25) is 0 Å². The summed E-state index contributed by atoms with van der Waals surface area (Å²) in [4.78, 5) is 0. The third-order valence-electron chi connectivity index (χ3n) is 2.89. The minimum atomic E-state index is -3.18. The van der Waals surface area contributed by atoms with Crippen molar-refractivity contribution in [1.82, 2.24) is 0 Å². The molecule has 88 valence electrons. The molecule has 1 heterocycles. The second-order valence-corrected chi connectivity index (χ2v) is 6.46. The van der Waals surface area contributed by atoms with E-state index in [-0.39, 0.29) is 17.3 Å². The number of phenols is 1. The fraction of sp³-hybridized carbons (Fsp3) is 0.455. The molecule has 0 bridgehead atoms. The van der Waals surface area contributed by atoms with Crippen LogP contribution in [0.5, 0.6) is 5.75 Å². The standard InChI is InChI=1S/C11H14O4S/c12-10-4-1-3-9(7-10)11(13)5-2-6-16(14,15)8-11/h1,3-4,7,12-13H,2,5-6,8H2. The highest BCUT2D eigenvalue weighted by Gasteiger charge is 2.38. The number of hydrogen-bond donors (Lipinski definition) is 2. The van der Waals surface area contributed by atoms with E-state index in [1.165, 1.54) is 12.1 Å². The Balaban J connectivity index is 2.38. The van der Waals surface area contributed by atoms with Gasteiger partial charge in [0.1, 0.15) is 11.4 Å². The van der Waals surface area contributed by atoms with Gasteiger partial charge in [0.15, 0.2) is 9.84 Å². The summed E-state index contributed by atoms with van der Waals surface area (Å²) in [6.45, 7) is 0. The van der Waals surface area contributed by atoms with Crippen molar-refractivity contribution >= 4 is 9.84 Å². The van der Waals surface area contributed by atoms with Crippen LogP contribution in [-0.2, 0) is 15.4 Å². The number of rotatable bonds is 1. The van der Waals surface area contributed by atoms with Gasteiger partial charge in [-0.05, 0) is 30.5 Å². The molecule has 1 atom stereocenters. The molecule has 1 aromatic rings. The molecule has 1 fully saturated rings. The van der Waals surface area contributed by atoms with E-state index in [0.29, 0.717) is 18.4 Å². The smallest absolute Gasteiger partial charge is 0.153 e. The van der Waals surface area contributed by atoms with E-state index in [1.807, 2.05) is 0 Å². The molecule has 1 aliphatic rings. The van der Waals surface area contributed by atoms with E-state index in [1.54, 1.807) is 12.1 Å². The topological polar surface area (TPSA) is 74.6 Å². The van der Waals surface area contributed by atoms with Gasteiger partial charge in [0.25, 0.3) is 0 Å². The lowest BCUT2D eigenvalue weighted by molar-refractivity contribution is 0.0465. The van der Waals surface area contributed by atoms with Crippen molar-refractivity contribution in [3.63, 3.8) is 0 Å². The second-order valence-electron chi connectivity index (χ2n) is 4.28. The first-order chi connectivity index (χ1) is 7.41. The van der Waals surface area contributed by atoms with E-state index in [0.717, 1.165) is 0 Å². The van der Waals surface area contributed by atoms with Gasteiger partial charge in [0, 0.05) is 0 Å². The number of hydrogen-bond acceptors (Lipinski definition) is 4. The fourth-order valence-electron chi connectivity index (χ4n) is 2.12. The molecule has 4 nitrogen and oxygen atoms in total. The van der Waals surface area contributed by atoms with Gasteiger partial charge in [0.05, 0.1) is 11.5 Å². The summed E-state index contributed by atoms with van der Waals surface area (Å²) in [6, 6.07) is 6.15. The molecule has 1 saturated heterocycles. The lowest BCUT2D eigenvalue weighted by Crippen LogP contribution is -2.39. The normalized spacial score (nSPS) is 28.8. The summed E-state index contributed by atoms with van der Waals surface area (Å²) < 4.78 is 23.0. The number of benzene rings is 1. The summed E-state index contributed by atoms with van der Waals surface area (Å²) in [7, 11) is -3.18. The quantitative estimate of drug-likeness (QED) is 0.763. The predicted octanol–water partition coefficient (Wildman–Crippen LogP) is 0.788. The molecule has 1 unspecified atom stereocenters. The van der Waals surface area contributed by atoms with Crippen molar-refractivity contribution in [2.24, 2.45) is 0 Å². The highest BCUT2D eigenvalue weighted by atomic mass is 32.2. The van der Waals surface area contributed by atoms with E-state index in [4.69, 9.17) is 0 Å². The molecule has 0 amide bonds. The second kappa shape index (κ2) is 3.75. The summed E-state index contributed by atoms with van der Waals surface area (Å²) >= 11 is 0. The van der Waals surface area contributed by atoms with Gasteiger partial charge in [-0.3, -0.25) is 0 Å². The molecule has 0 aromatic heterocycles. The Morgan fingerprint density at radius 1 is 1.31 bits per heavy atom. The molecule has 1 aliphatic heterocycles. The van der Waals surface area contributed by atoms with Crippen LogP contribution >= 0.6 is 0 Å². The van der Waals surface area contributed by atoms with Crippen molar-refractivity contribution in [2.45, 2.75) is 18.4 Å². The van der Waals surface area contributed by atoms with Crippen molar-refractivity contribution in [2.75, 3.05) is 11.5 Å². The lowest BCUT2D eigenvalue weighted by atomic mass is 9.91. The van der Waals surface area contributed by atoms with Gasteiger partial charge >= 0.3 is 0 Å². The molecule has 1 aromatic carbocycles. The van der Waals surface area contributed by atoms with Gasteiger partial charge < -0.3 is 10.2 Å². The van der Waals surface area contributed by atoms with Crippen LogP contribution in [0, 0.1) is 0 Å². The van der Waals surface area contributed by atoms with Crippen LogP contribution in [-0.4, -0.2) is 30.1 Å². The maximum atomic E-state index is 11.5. The van der Waals surface area contributed by atoms with Crippen molar-refractivity contribution < 1.29 is 18.6 Å². The van der Waals surface area contributed by atoms with Gasteiger partial charge in [-0.2, -0.15) is 0 Å². The SMILES string of the molecule is O=S1(=O)CCCC(O)(c2cccc(O)c2)C1. The van der Waals surface area contributed by atoms with E-state index >= 15 is 0 Å². The highest BCUT2D eigenvalue weighted by molar-refractivity contribution is 7.91. The fourth-order valence-corrected chi connectivity index (χ4v) is 3.88. The Labute approximate surface area is 94.5 Å². The van der Waals surface area contributed by atoms with Crippen molar-refractivity contribution in [1.29, 1.82) is 0 Å². The molecular formula is C11H14O4S. The van der Waals surface area contributed by atoms with Crippen LogP contribution < -0.4 is 0 Å². The van der Waals surface area contributed by atoms with Crippen LogP contribution in [0.15, 0.2) is 24.3 Å². The summed E-state index contributed by atoms with van der Waals surface area (Å²) in [5.41, 5.74) is -0.883. The number of sulfone groups is 1. The van der Waals surface area contributed by atoms with Crippen LogP contribution in [0.4, 0.5) is 0 Å². The van der Waals surface area contributed by atoms with Gasteiger partial charge in [-0.1, -0.05) is 12.1 Å².